The van der Waals surface area contributed by atoms with Crippen LogP contribution in [0.5, 0.6) is 0 Å². The van der Waals surface area contributed by atoms with E-state index in [4.69, 9.17) is 0 Å². The summed E-state index contributed by atoms with van der Waals surface area (Å²) < 4.78 is 0. The monoisotopic (exact) mass is 167 g/mol. The first-order valence-electron chi connectivity index (χ1n) is 5.42. The number of hydrogen-bond acceptors (Lipinski definition) is 1. The van der Waals surface area contributed by atoms with Crippen LogP contribution >= 0.6 is 0 Å². The normalized spacial score (nSPS) is 42.5. The van der Waals surface area contributed by atoms with E-state index in [0.29, 0.717) is 0 Å². The largest absolute Gasteiger partial charge is 0.300 e. The van der Waals surface area contributed by atoms with Gasteiger partial charge < -0.3 is 0 Å². The first-order chi connectivity index (χ1) is 5.70. The summed E-state index contributed by atoms with van der Waals surface area (Å²) in [6.45, 7) is 4.75. The van der Waals surface area contributed by atoms with Gasteiger partial charge in [0, 0.05) is 12.1 Å². The Labute approximate surface area is 76.1 Å². The average Bonchev–Trinajstić information content (AvgIpc) is 2.05. The topological polar surface area (TPSA) is 3.24 Å². The maximum Gasteiger partial charge on any atom is 0.0146 e. The Kier molecular flexibility index (Phi) is 2.16. The van der Waals surface area contributed by atoms with E-state index in [-0.39, 0.29) is 0 Å². The van der Waals surface area contributed by atoms with Crippen molar-refractivity contribution in [2.75, 3.05) is 7.05 Å². The van der Waals surface area contributed by atoms with Crippen LogP contribution in [0.25, 0.3) is 0 Å². The van der Waals surface area contributed by atoms with Crippen molar-refractivity contribution >= 4 is 0 Å². The van der Waals surface area contributed by atoms with E-state index in [1.807, 2.05) is 0 Å². The van der Waals surface area contributed by atoms with Crippen molar-refractivity contribution in [3.8, 4) is 0 Å². The van der Waals surface area contributed by atoms with Crippen molar-refractivity contribution in [2.45, 2.75) is 51.6 Å². The standard InChI is InChI=1S/C11H21N/c1-8(2)11-9-4-6-10(7-5-9)12(11)3/h8-11H,4-7H2,1-3H3/t9?,10?,11-/m0/s1. The predicted molar refractivity (Wildman–Crippen MR) is 52.1 cm³/mol. The highest BCUT2D eigenvalue weighted by Gasteiger charge is 2.40. The predicted octanol–water partition coefficient (Wildman–Crippen LogP) is 2.52. The van der Waals surface area contributed by atoms with Gasteiger partial charge in [-0.15, -0.1) is 0 Å². The minimum absolute atomic E-state index is 0.850. The van der Waals surface area contributed by atoms with Crippen molar-refractivity contribution < 1.29 is 0 Å². The van der Waals surface area contributed by atoms with Gasteiger partial charge in [-0.1, -0.05) is 13.8 Å². The third kappa shape index (κ3) is 1.19. The van der Waals surface area contributed by atoms with Crippen LogP contribution in [0.1, 0.15) is 39.5 Å². The highest BCUT2D eigenvalue weighted by atomic mass is 15.2. The molecule has 1 aliphatic carbocycles. The maximum atomic E-state index is 2.66. The van der Waals surface area contributed by atoms with Crippen LogP contribution in [-0.2, 0) is 0 Å². The SMILES string of the molecule is CC(C)[C@H]1C2CCC(CC2)N1C. The first kappa shape index (κ1) is 8.55. The fraction of sp³-hybridized carbons (Fsp3) is 1.00. The van der Waals surface area contributed by atoms with E-state index >= 15 is 0 Å². The van der Waals surface area contributed by atoms with Crippen LogP contribution in [0.2, 0.25) is 0 Å². The van der Waals surface area contributed by atoms with Crippen molar-refractivity contribution in [1.82, 2.24) is 4.90 Å². The zero-order valence-corrected chi connectivity index (χ0v) is 8.59. The highest BCUT2D eigenvalue weighted by Crippen LogP contribution is 2.41. The molecular formula is C11H21N. The van der Waals surface area contributed by atoms with Crippen LogP contribution in [0.4, 0.5) is 0 Å². The molecule has 1 heteroatoms. The molecule has 0 N–H and O–H groups in total. The zero-order chi connectivity index (χ0) is 8.72. The van der Waals surface area contributed by atoms with E-state index < -0.39 is 0 Å². The number of fused-ring (bicyclic) bond motifs is 3. The summed E-state index contributed by atoms with van der Waals surface area (Å²) >= 11 is 0. The second-order valence-electron chi connectivity index (χ2n) is 4.97. The summed E-state index contributed by atoms with van der Waals surface area (Å²) in [5.74, 6) is 1.86. The molecule has 0 amide bonds. The molecule has 1 saturated carbocycles. The molecule has 2 saturated heterocycles. The van der Waals surface area contributed by atoms with E-state index in [0.717, 1.165) is 23.9 Å². The number of piperidine rings is 2. The summed E-state index contributed by atoms with van der Waals surface area (Å²) in [7, 11) is 2.33. The highest BCUT2D eigenvalue weighted by molar-refractivity contribution is 4.94. The zero-order valence-electron chi connectivity index (χ0n) is 8.59. The summed E-state index contributed by atoms with van der Waals surface area (Å²) in [4.78, 5) is 2.66. The van der Waals surface area contributed by atoms with Gasteiger partial charge in [-0.25, -0.2) is 0 Å². The van der Waals surface area contributed by atoms with Gasteiger partial charge in [0.2, 0.25) is 0 Å². The smallest absolute Gasteiger partial charge is 0.0146 e. The molecule has 2 bridgehead atoms. The molecule has 2 aliphatic heterocycles. The number of hydrogen-bond donors (Lipinski definition) is 0. The lowest BCUT2D eigenvalue weighted by atomic mass is 9.71. The van der Waals surface area contributed by atoms with Crippen LogP contribution < -0.4 is 0 Å². The Hall–Kier alpha value is -0.0400. The summed E-state index contributed by atoms with van der Waals surface area (Å²) in [6, 6.07) is 1.81. The Balaban J connectivity index is 2.12. The second-order valence-corrected chi connectivity index (χ2v) is 4.97. The first-order valence-corrected chi connectivity index (χ1v) is 5.42. The van der Waals surface area contributed by atoms with Gasteiger partial charge >= 0.3 is 0 Å². The molecule has 0 aromatic heterocycles. The molecule has 3 rings (SSSR count). The number of nitrogens with zero attached hydrogens (tertiary/aromatic N) is 1. The van der Waals surface area contributed by atoms with Crippen LogP contribution in [0, 0.1) is 11.8 Å². The Morgan fingerprint density at radius 1 is 1.08 bits per heavy atom. The molecule has 0 spiro atoms. The van der Waals surface area contributed by atoms with Gasteiger partial charge in [-0.05, 0) is 44.6 Å². The molecule has 1 nitrogen and oxygen atoms in total. The Bertz CT molecular complexity index is 154. The van der Waals surface area contributed by atoms with Gasteiger partial charge in [-0.2, -0.15) is 0 Å². The van der Waals surface area contributed by atoms with Crippen LogP contribution in [-0.4, -0.2) is 24.0 Å². The van der Waals surface area contributed by atoms with E-state index in [9.17, 15) is 0 Å². The Morgan fingerprint density at radius 3 is 2.00 bits per heavy atom. The summed E-state index contributed by atoms with van der Waals surface area (Å²) in [5.41, 5.74) is 0. The van der Waals surface area contributed by atoms with E-state index in [1.165, 1.54) is 25.7 Å². The van der Waals surface area contributed by atoms with Gasteiger partial charge in [0.25, 0.3) is 0 Å². The van der Waals surface area contributed by atoms with Gasteiger partial charge in [0.1, 0.15) is 0 Å². The van der Waals surface area contributed by atoms with Crippen molar-refractivity contribution in [2.24, 2.45) is 11.8 Å². The molecule has 70 valence electrons. The van der Waals surface area contributed by atoms with Gasteiger partial charge in [-0.3, -0.25) is 4.90 Å². The van der Waals surface area contributed by atoms with Crippen LogP contribution in [0.15, 0.2) is 0 Å². The lowest BCUT2D eigenvalue weighted by Gasteiger charge is -2.51. The maximum absolute atomic E-state index is 2.66. The fourth-order valence-electron chi connectivity index (χ4n) is 3.44. The molecule has 1 atom stereocenters. The lowest BCUT2D eigenvalue weighted by Crippen LogP contribution is -2.55. The van der Waals surface area contributed by atoms with Gasteiger partial charge in [0.05, 0.1) is 0 Å². The molecule has 0 radical (unpaired) electrons. The quantitative estimate of drug-likeness (QED) is 0.580. The summed E-state index contributed by atoms with van der Waals surface area (Å²) in [6.07, 6.45) is 5.92. The molecule has 0 aromatic rings. The molecule has 0 unspecified atom stereocenters. The molecule has 0 aromatic carbocycles. The molecular weight excluding hydrogens is 146 g/mol. The van der Waals surface area contributed by atoms with E-state index in [1.54, 1.807) is 0 Å². The summed E-state index contributed by atoms with van der Waals surface area (Å²) in [5, 5.41) is 0. The third-order valence-corrected chi connectivity index (χ3v) is 3.95. The third-order valence-electron chi connectivity index (χ3n) is 3.95. The molecule has 2 heterocycles. The molecule has 3 aliphatic rings. The Morgan fingerprint density at radius 2 is 1.67 bits per heavy atom. The number of rotatable bonds is 1. The van der Waals surface area contributed by atoms with E-state index in [2.05, 4.69) is 25.8 Å². The average molecular weight is 167 g/mol. The van der Waals surface area contributed by atoms with Crippen LogP contribution in [0.3, 0.4) is 0 Å². The van der Waals surface area contributed by atoms with Gasteiger partial charge in [0.15, 0.2) is 0 Å². The fourth-order valence-corrected chi connectivity index (χ4v) is 3.44. The minimum atomic E-state index is 0.850. The minimum Gasteiger partial charge on any atom is -0.300 e. The van der Waals surface area contributed by atoms with Crippen molar-refractivity contribution in [3.05, 3.63) is 0 Å². The lowest BCUT2D eigenvalue weighted by molar-refractivity contribution is -0.0144. The van der Waals surface area contributed by atoms with Crippen molar-refractivity contribution in [1.29, 1.82) is 0 Å². The molecule has 3 fully saturated rings. The second kappa shape index (κ2) is 3.02. The van der Waals surface area contributed by atoms with Crippen molar-refractivity contribution in [3.63, 3.8) is 0 Å². The molecule has 12 heavy (non-hydrogen) atoms.